The molecule has 1 saturated heterocycles. The van der Waals surface area contributed by atoms with Crippen LogP contribution in [0.2, 0.25) is 0 Å². The Labute approximate surface area is 200 Å². The van der Waals surface area contributed by atoms with Crippen LogP contribution in [0.25, 0.3) is 10.9 Å². The number of likely N-dealkylation sites (tertiary alicyclic amines) is 1. The van der Waals surface area contributed by atoms with Crippen LogP contribution in [0.15, 0.2) is 48.5 Å². The number of nitrogens with zero attached hydrogens (tertiary/aromatic N) is 4. The van der Waals surface area contributed by atoms with Crippen LogP contribution in [0.3, 0.4) is 0 Å². The van der Waals surface area contributed by atoms with Gasteiger partial charge in [0.1, 0.15) is 11.6 Å². The number of hydrogen-bond acceptors (Lipinski definition) is 5. The van der Waals surface area contributed by atoms with E-state index in [1.165, 1.54) is 0 Å². The van der Waals surface area contributed by atoms with Gasteiger partial charge in [-0.05, 0) is 70.4 Å². The number of hydrogen-bond donors (Lipinski definition) is 0. The van der Waals surface area contributed by atoms with Gasteiger partial charge in [-0.3, -0.25) is 9.59 Å². The Morgan fingerprint density at radius 3 is 2.41 bits per heavy atom. The van der Waals surface area contributed by atoms with Crippen molar-refractivity contribution in [2.45, 2.75) is 58.7 Å². The third-order valence-electron chi connectivity index (χ3n) is 6.51. The Morgan fingerprint density at radius 1 is 1.03 bits per heavy atom. The molecule has 1 aliphatic rings. The summed E-state index contributed by atoms with van der Waals surface area (Å²) in [4.78, 5) is 38.3. The highest BCUT2D eigenvalue weighted by Gasteiger charge is 2.29. The van der Waals surface area contributed by atoms with E-state index in [1.807, 2.05) is 36.1 Å². The van der Waals surface area contributed by atoms with Gasteiger partial charge in [0.25, 0.3) is 11.8 Å². The van der Waals surface area contributed by atoms with Gasteiger partial charge in [-0.15, -0.1) is 0 Å². The Bertz CT molecular complexity index is 1170. The molecule has 2 amide bonds. The fraction of sp³-hybridized carbons (Fsp3) is 0.407. The van der Waals surface area contributed by atoms with Crippen molar-refractivity contribution >= 4 is 22.7 Å². The first-order valence-corrected chi connectivity index (χ1v) is 11.8. The van der Waals surface area contributed by atoms with Crippen LogP contribution in [0.5, 0.6) is 5.75 Å². The Kier molecular flexibility index (Phi) is 7.10. The van der Waals surface area contributed by atoms with Gasteiger partial charge in [0.2, 0.25) is 0 Å². The lowest BCUT2D eigenvalue weighted by molar-refractivity contribution is -0.139. The van der Waals surface area contributed by atoms with E-state index >= 15 is 0 Å². The van der Waals surface area contributed by atoms with Crippen LogP contribution < -0.4 is 4.74 Å². The first-order chi connectivity index (χ1) is 16.3. The zero-order valence-electron chi connectivity index (χ0n) is 20.3. The molecule has 0 bridgehead atoms. The van der Waals surface area contributed by atoms with Gasteiger partial charge in [0.15, 0.2) is 6.61 Å². The molecule has 1 aromatic heterocycles. The molecule has 3 aromatic rings. The van der Waals surface area contributed by atoms with Crippen molar-refractivity contribution in [3.8, 4) is 5.75 Å². The topological polar surface area (TPSA) is 75.6 Å². The summed E-state index contributed by atoms with van der Waals surface area (Å²) >= 11 is 0. The van der Waals surface area contributed by atoms with E-state index < -0.39 is 0 Å². The highest BCUT2D eigenvalue weighted by Crippen LogP contribution is 2.23. The molecule has 0 N–H and O–H groups in total. The molecule has 2 atom stereocenters. The number of amides is 2. The van der Waals surface area contributed by atoms with E-state index in [0.29, 0.717) is 23.7 Å². The van der Waals surface area contributed by atoms with E-state index in [-0.39, 0.29) is 30.5 Å². The monoisotopic (exact) mass is 460 g/mol. The van der Waals surface area contributed by atoms with E-state index in [4.69, 9.17) is 4.74 Å². The van der Waals surface area contributed by atoms with Crippen LogP contribution in [0, 0.1) is 6.92 Å². The number of benzene rings is 2. The average molecular weight is 461 g/mol. The van der Waals surface area contributed by atoms with E-state index in [1.54, 1.807) is 36.2 Å². The number of aryl methyl sites for hydroxylation is 1. The first-order valence-electron chi connectivity index (χ1n) is 11.8. The van der Waals surface area contributed by atoms with Crippen LogP contribution >= 0.6 is 0 Å². The summed E-state index contributed by atoms with van der Waals surface area (Å²) in [6, 6.07) is 15.2. The zero-order valence-corrected chi connectivity index (χ0v) is 20.3. The van der Waals surface area contributed by atoms with Gasteiger partial charge in [-0.1, -0.05) is 18.2 Å². The molecule has 7 nitrogen and oxygen atoms in total. The lowest BCUT2D eigenvalue weighted by Gasteiger charge is -2.38. The quantitative estimate of drug-likeness (QED) is 0.546. The summed E-state index contributed by atoms with van der Waals surface area (Å²) in [6.45, 7) is 6.44. The minimum Gasteiger partial charge on any atom is -0.484 e. The second-order valence-corrected chi connectivity index (χ2v) is 9.15. The first kappa shape index (κ1) is 23.7. The molecule has 0 spiro atoms. The summed E-state index contributed by atoms with van der Waals surface area (Å²) in [5.41, 5.74) is 2.30. The number of rotatable bonds is 6. The van der Waals surface area contributed by atoms with Crippen molar-refractivity contribution in [3.63, 3.8) is 0 Å². The Morgan fingerprint density at radius 2 is 1.71 bits per heavy atom. The largest absolute Gasteiger partial charge is 0.484 e. The normalized spacial score (nSPS) is 18.1. The minimum atomic E-state index is -0.131. The van der Waals surface area contributed by atoms with Crippen LogP contribution in [0.1, 0.15) is 55.0 Å². The standard InChI is InChI=1S/C27H32N4O3/c1-18-8-7-9-19(2)31(18)26(32)17-34-22-14-12-21(13-15-22)27(33)30(4)16-25-28-20(3)23-10-5-6-11-24(23)29-25/h5-6,10-15,18-19H,7-9,16-17H2,1-4H3. The molecule has 0 aliphatic carbocycles. The Balaban J connectivity index is 1.36. The summed E-state index contributed by atoms with van der Waals surface area (Å²) in [6.07, 6.45) is 3.22. The molecule has 2 aromatic carbocycles. The summed E-state index contributed by atoms with van der Waals surface area (Å²) in [7, 11) is 1.74. The number of ether oxygens (including phenoxy) is 1. The maximum atomic E-state index is 12.9. The van der Waals surface area contributed by atoms with E-state index in [0.717, 1.165) is 35.9 Å². The van der Waals surface area contributed by atoms with Crippen LogP contribution in [-0.2, 0) is 11.3 Å². The van der Waals surface area contributed by atoms with Crippen LogP contribution in [0.4, 0.5) is 0 Å². The van der Waals surface area contributed by atoms with Gasteiger partial charge in [0.05, 0.1) is 12.1 Å². The molecule has 0 radical (unpaired) electrons. The highest BCUT2D eigenvalue weighted by molar-refractivity contribution is 5.94. The lowest BCUT2D eigenvalue weighted by Crippen LogP contribution is -2.49. The predicted octanol–water partition coefficient (Wildman–Crippen LogP) is 4.38. The molecule has 2 heterocycles. The molecule has 1 fully saturated rings. The third kappa shape index (κ3) is 5.19. The summed E-state index contributed by atoms with van der Waals surface area (Å²) in [5, 5.41) is 1.01. The number of fused-ring (bicyclic) bond motifs is 1. The second-order valence-electron chi connectivity index (χ2n) is 9.15. The van der Waals surface area contributed by atoms with Gasteiger partial charge in [-0.25, -0.2) is 9.97 Å². The van der Waals surface area contributed by atoms with E-state index in [9.17, 15) is 9.59 Å². The van der Waals surface area contributed by atoms with Crippen molar-refractivity contribution in [2.24, 2.45) is 0 Å². The number of carbonyl (C=O) groups excluding carboxylic acids is 2. The molecule has 178 valence electrons. The van der Waals surface area contributed by atoms with Crippen molar-refractivity contribution in [1.29, 1.82) is 0 Å². The van der Waals surface area contributed by atoms with Gasteiger partial charge in [-0.2, -0.15) is 0 Å². The number of aromatic nitrogens is 2. The number of para-hydroxylation sites is 1. The van der Waals surface area contributed by atoms with Gasteiger partial charge >= 0.3 is 0 Å². The van der Waals surface area contributed by atoms with Gasteiger partial charge in [0, 0.05) is 35.8 Å². The van der Waals surface area contributed by atoms with E-state index in [2.05, 4.69) is 23.8 Å². The van der Waals surface area contributed by atoms with Gasteiger partial charge < -0.3 is 14.5 Å². The summed E-state index contributed by atoms with van der Waals surface area (Å²) in [5.74, 6) is 1.04. The molecule has 2 unspecified atom stereocenters. The lowest BCUT2D eigenvalue weighted by atomic mass is 9.97. The molecular weight excluding hydrogens is 428 g/mol. The molecule has 0 saturated carbocycles. The zero-order chi connectivity index (χ0) is 24.2. The molecule has 34 heavy (non-hydrogen) atoms. The fourth-order valence-corrected chi connectivity index (χ4v) is 4.70. The minimum absolute atomic E-state index is 0.000525. The second kappa shape index (κ2) is 10.2. The highest BCUT2D eigenvalue weighted by atomic mass is 16.5. The predicted molar refractivity (Wildman–Crippen MR) is 132 cm³/mol. The average Bonchev–Trinajstić information content (AvgIpc) is 2.82. The number of piperidine rings is 1. The maximum Gasteiger partial charge on any atom is 0.260 e. The Hall–Kier alpha value is -3.48. The van der Waals surface area contributed by atoms with Crippen molar-refractivity contribution in [1.82, 2.24) is 19.8 Å². The molecule has 1 aliphatic heterocycles. The SMILES string of the molecule is Cc1nc(CN(C)C(=O)c2ccc(OCC(=O)N3C(C)CCCC3C)cc2)nc2ccccc12. The maximum absolute atomic E-state index is 12.9. The molecular formula is C27H32N4O3. The van der Waals surface area contributed by atoms with Crippen molar-refractivity contribution < 1.29 is 14.3 Å². The smallest absolute Gasteiger partial charge is 0.260 e. The number of carbonyl (C=O) groups is 2. The van der Waals surface area contributed by atoms with Crippen molar-refractivity contribution in [3.05, 3.63) is 65.6 Å². The summed E-state index contributed by atoms with van der Waals surface area (Å²) < 4.78 is 5.73. The molecule has 4 rings (SSSR count). The van der Waals surface area contributed by atoms with Crippen LogP contribution in [-0.4, -0.2) is 57.3 Å². The molecule has 7 heteroatoms. The fourth-order valence-electron chi connectivity index (χ4n) is 4.70. The third-order valence-corrected chi connectivity index (χ3v) is 6.51. The van der Waals surface area contributed by atoms with Crippen molar-refractivity contribution in [2.75, 3.05) is 13.7 Å².